The summed E-state index contributed by atoms with van der Waals surface area (Å²) in [6.07, 6.45) is 1.05. The lowest BCUT2D eigenvalue weighted by atomic mass is 10.1. The van der Waals surface area contributed by atoms with Crippen molar-refractivity contribution in [2.24, 2.45) is 0 Å². The van der Waals surface area contributed by atoms with Gasteiger partial charge < -0.3 is 15.3 Å². The SMILES string of the molecule is O=C(O)C(F)(F)F.O=C(c1cccc(Cl)c1Cl)N1C[C@@H]2C[C@H]1CN2Cc1cncc(Nc2cc[nH]n2)n1. The van der Waals surface area contributed by atoms with Crippen LogP contribution in [0.4, 0.5) is 24.8 Å². The highest BCUT2D eigenvalue weighted by atomic mass is 35.5. The fraction of sp³-hybridized carbons (Fsp3) is 0.318. The number of halogens is 5. The molecule has 2 atom stereocenters. The summed E-state index contributed by atoms with van der Waals surface area (Å²) in [5.74, 6) is -1.47. The second kappa shape index (κ2) is 10.9. The Balaban J connectivity index is 0.000000405. The Morgan fingerprint density at radius 1 is 1.14 bits per heavy atom. The molecule has 15 heteroatoms. The van der Waals surface area contributed by atoms with E-state index in [0.717, 1.165) is 18.7 Å². The number of aromatic nitrogens is 4. The summed E-state index contributed by atoms with van der Waals surface area (Å²) in [6, 6.07) is 7.45. The van der Waals surface area contributed by atoms with Gasteiger partial charge in [-0.1, -0.05) is 29.3 Å². The van der Waals surface area contributed by atoms with Crippen molar-refractivity contribution in [1.29, 1.82) is 0 Å². The minimum Gasteiger partial charge on any atom is -0.475 e. The Morgan fingerprint density at radius 3 is 2.51 bits per heavy atom. The molecule has 1 amide bonds. The minimum atomic E-state index is -5.08. The molecule has 37 heavy (non-hydrogen) atoms. The number of nitrogens with one attached hydrogen (secondary N) is 2. The number of anilines is 2. The maximum absolute atomic E-state index is 13.0. The second-order valence-corrected chi connectivity index (χ2v) is 9.10. The standard InChI is InChI=1S/C20H19Cl2N7O.C2HF3O2/c21-16-3-1-2-15(19(16)22)20(30)29-11-13-6-14(29)10-28(13)9-12-7-23-8-18(25-12)26-17-4-5-24-27-17;3-2(4,5)1(6)7/h1-5,7-8,13-14H,6,9-11H2,(H2,24,25,26,27);(H,6,7)/t13-,14-;/m0./s1. The number of H-pyrrole nitrogens is 1. The van der Waals surface area contributed by atoms with Crippen LogP contribution in [0.3, 0.4) is 0 Å². The Bertz CT molecular complexity index is 1280. The van der Waals surface area contributed by atoms with Gasteiger partial charge in [-0.15, -0.1) is 0 Å². The van der Waals surface area contributed by atoms with Crippen LogP contribution in [0.25, 0.3) is 0 Å². The van der Waals surface area contributed by atoms with Crippen molar-refractivity contribution in [1.82, 2.24) is 30.0 Å². The first-order chi connectivity index (χ1) is 17.5. The summed E-state index contributed by atoms with van der Waals surface area (Å²) in [4.78, 5) is 35.1. The first-order valence-corrected chi connectivity index (χ1v) is 11.7. The number of hydrogen-bond acceptors (Lipinski definition) is 7. The van der Waals surface area contributed by atoms with E-state index < -0.39 is 12.1 Å². The average molecular weight is 558 g/mol. The summed E-state index contributed by atoms with van der Waals surface area (Å²) < 4.78 is 31.7. The van der Waals surface area contributed by atoms with E-state index >= 15 is 0 Å². The lowest BCUT2D eigenvalue weighted by Gasteiger charge is -2.34. The highest BCUT2D eigenvalue weighted by Gasteiger charge is 2.45. The van der Waals surface area contributed by atoms with Crippen LogP contribution in [0.2, 0.25) is 10.0 Å². The molecule has 2 aliphatic heterocycles. The van der Waals surface area contributed by atoms with Gasteiger partial charge in [0.25, 0.3) is 5.91 Å². The molecule has 0 saturated carbocycles. The normalized spacial score (nSPS) is 18.9. The third-order valence-corrected chi connectivity index (χ3v) is 6.66. The topological polar surface area (TPSA) is 127 Å². The van der Waals surface area contributed by atoms with Crippen molar-refractivity contribution < 1.29 is 27.9 Å². The summed E-state index contributed by atoms with van der Waals surface area (Å²) in [6.45, 7) is 2.16. The van der Waals surface area contributed by atoms with Gasteiger partial charge in [-0.2, -0.15) is 18.3 Å². The molecule has 3 aromatic rings. The Hall–Kier alpha value is -3.42. The molecule has 2 bridgehead atoms. The Morgan fingerprint density at radius 2 is 1.89 bits per heavy atom. The van der Waals surface area contributed by atoms with Gasteiger partial charge in [-0.25, -0.2) is 9.78 Å². The van der Waals surface area contributed by atoms with E-state index in [1.165, 1.54) is 0 Å². The molecule has 2 aliphatic rings. The molecule has 0 aliphatic carbocycles. The number of piperazine rings is 1. The summed E-state index contributed by atoms with van der Waals surface area (Å²) in [5, 5.41) is 17.8. The number of nitrogens with zero attached hydrogens (tertiary/aromatic N) is 5. The smallest absolute Gasteiger partial charge is 0.475 e. The van der Waals surface area contributed by atoms with Crippen molar-refractivity contribution in [3.63, 3.8) is 0 Å². The summed E-state index contributed by atoms with van der Waals surface area (Å²) in [7, 11) is 0. The zero-order valence-corrected chi connectivity index (χ0v) is 20.4. The second-order valence-electron chi connectivity index (χ2n) is 8.31. The number of rotatable bonds is 5. The maximum Gasteiger partial charge on any atom is 0.490 e. The Kier molecular flexibility index (Phi) is 7.85. The van der Waals surface area contributed by atoms with E-state index in [4.69, 9.17) is 33.1 Å². The van der Waals surface area contributed by atoms with Crippen LogP contribution in [-0.2, 0) is 11.3 Å². The van der Waals surface area contributed by atoms with E-state index in [1.54, 1.807) is 36.8 Å². The number of fused-ring (bicyclic) bond motifs is 2. The van der Waals surface area contributed by atoms with E-state index in [9.17, 15) is 18.0 Å². The monoisotopic (exact) mass is 557 g/mol. The molecule has 2 fully saturated rings. The molecule has 2 saturated heterocycles. The van der Waals surface area contributed by atoms with Crippen molar-refractivity contribution in [2.45, 2.75) is 31.2 Å². The number of aromatic amines is 1. The van der Waals surface area contributed by atoms with E-state index in [-0.39, 0.29) is 11.9 Å². The molecule has 3 N–H and O–H groups in total. The van der Waals surface area contributed by atoms with Gasteiger partial charge in [-0.05, 0) is 18.6 Å². The molecule has 0 unspecified atom stereocenters. The highest BCUT2D eigenvalue weighted by Crippen LogP contribution is 2.35. The number of alkyl halides is 3. The molecular weight excluding hydrogens is 538 g/mol. The van der Waals surface area contributed by atoms with Crippen LogP contribution < -0.4 is 5.32 Å². The number of amides is 1. The zero-order chi connectivity index (χ0) is 26.7. The number of benzene rings is 1. The summed E-state index contributed by atoms with van der Waals surface area (Å²) in [5.41, 5.74) is 1.34. The predicted octanol–water partition coefficient (Wildman–Crippen LogP) is 3.98. The number of hydrogen-bond donors (Lipinski definition) is 3. The first kappa shape index (κ1) is 26.6. The number of aliphatic carboxylic acids is 1. The zero-order valence-electron chi connectivity index (χ0n) is 18.9. The van der Waals surface area contributed by atoms with Gasteiger partial charge in [0.05, 0.1) is 27.5 Å². The fourth-order valence-corrected chi connectivity index (χ4v) is 4.61. The lowest BCUT2D eigenvalue weighted by molar-refractivity contribution is -0.192. The number of carboxylic acid groups (broad SMARTS) is 1. The first-order valence-electron chi connectivity index (χ1n) is 10.9. The number of carbonyl (C=O) groups is 2. The molecule has 0 spiro atoms. The predicted molar refractivity (Wildman–Crippen MR) is 128 cm³/mol. The van der Waals surface area contributed by atoms with Crippen molar-refractivity contribution >= 4 is 46.7 Å². The van der Waals surface area contributed by atoms with Crippen LogP contribution in [0.15, 0.2) is 42.9 Å². The largest absolute Gasteiger partial charge is 0.490 e. The van der Waals surface area contributed by atoms with Crippen molar-refractivity contribution in [3.05, 3.63) is 64.2 Å². The molecule has 2 aromatic heterocycles. The number of likely N-dealkylation sites (tertiary alicyclic amines) is 2. The average Bonchev–Trinajstić information content (AvgIpc) is 3.58. The van der Waals surface area contributed by atoms with Gasteiger partial charge in [0.2, 0.25) is 0 Å². The molecule has 10 nitrogen and oxygen atoms in total. The fourth-order valence-electron chi connectivity index (χ4n) is 4.23. The molecule has 0 radical (unpaired) electrons. The Labute approximate surface area is 218 Å². The molecule has 1 aromatic carbocycles. The van der Waals surface area contributed by atoms with Gasteiger partial charge >= 0.3 is 12.1 Å². The lowest BCUT2D eigenvalue weighted by Crippen LogP contribution is -2.48. The van der Waals surface area contributed by atoms with Gasteiger partial charge in [0.15, 0.2) is 5.82 Å². The molecule has 5 rings (SSSR count). The van der Waals surface area contributed by atoms with Crippen LogP contribution in [0, 0.1) is 0 Å². The number of carbonyl (C=O) groups excluding carboxylic acids is 1. The van der Waals surface area contributed by atoms with Crippen molar-refractivity contribution in [3.8, 4) is 0 Å². The molecule has 4 heterocycles. The van der Waals surface area contributed by atoms with Crippen LogP contribution >= 0.6 is 23.2 Å². The minimum absolute atomic E-state index is 0.0559. The third kappa shape index (κ3) is 6.29. The quantitative estimate of drug-likeness (QED) is 0.429. The van der Waals surface area contributed by atoms with Crippen molar-refractivity contribution in [2.75, 3.05) is 18.4 Å². The third-order valence-electron chi connectivity index (χ3n) is 5.85. The molecule has 196 valence electrons. The van der Waals surface area contributed by atoms with E-state index in [0.29, 0.717) is 46.4 Å². The van der Waals surface area contributed by atoms with E-state index in [2.05, 4.69) is 30.4 Å². The summed E-state index contributed by atoms with van der Waals surface area (Å²) >= 11 is 12.3. The number of carboxylic acids is 1. The van der Waals surface area contributed by atoms with Crippen LogP contribution in [-0.4, -0.2) is 78.3 Å². The van der Waals surface area contributed by atoms with Crippen LogP contribution in [0.5, 0.6) is 0 Å². The maximum atomic E-state index is 13.0. The van der Waals surface area contributed by atoms with Crippen LogP contribution in [0.1, 0.15) is 22.5 Å². The highest BCUT2D eigenvalue weighted by molar-refractivity contribution is 6.43. The van der Waals surface area contributed by atoms with Gasteiger partial charge in [-0.3, -0.25) is 19.8 Å². The molecular formula is C22H20Cl2F3N7O3. The van der Waals surface area contributed by atoms with E-state index in [1.807, 2.05) is 11.0 Å². The van der Waals surface area contributed by atoms with Gasteiger partial charge in [0, 0.05) is 50.2 Å². The van der Waals surface area contributed by atoms with Gasteiger partial charge in [0.1, 0.15) is 5.82 Å².